The number of nitrogens with two attached hydrogens (primary N) is 1. The lowest BCUT2D eigenvalue weighted by Gasteiger charge is -2.19. The smallest absolute Gasteiger partial charge is 0.237 e. The minimum Gasteiger partial charge on any atom is -0.335 e. The summed E-state index contributed by atoms with van der Waals surface area (Å²) in [6, 6.07) is 17.0. The number of aromatic nitrogens is 3. The van der Waals surface area contributed by atoms with Crippen molar-refractivity contribution in [2.24, 2.45) is 0 Å². The molecule has 0 radical (unpaired) electrons. The number of rotatable bonds is 5. The molecule has 0 aliphatic rings. The first-order valence-electron chi connectivity index (χ1n) is 9.48. The molecule has 0 spiro atoms. The van der Waals surface area contributed by atoms with E-state index >= 15 is 0 Å². The van der Waals surface area contributed by atoms with Crippen LogP contribution in [0.5, 0.6) is 0 Å². The van der Waals surface area contributed by atoms with Gasteiger partial charge in [-0.15, -0.1) is 10.2 Å². The summed E-state index contributed by atoms with van der Waals surface area (Å²) in [4.78, 5) is 12.6. The largest absolute Gasteiger partial charge is 0.335 e. The summed E-state index contributed by atoms with van der Waals surface area (Å²) in [6.07, 6.45) is 0. The molecular weight excluding hydrogens is 396 g/mol. The normalized spacial score (nSPS) is 12.2. The van der Waals surface area contributed by atoms with E-state index in [-0.39, 0.29) is 11.3 Å². The minimum atomic E-state index is -0.487. The quantitative estimate of drug-likeness (QED) is 0.478. The van der Waals surface area contributed by atoms with E-state index in [2.05, 4.69) is 54.5 Å². The molecule has 0 saturated carbocycles. The maximum atomic E-state index is 12.6. The topological polar surface area (TPSA) is 110 Å². The lowest BCUT2D eigenvalue weighted by atomic mass is 9.87. The Labute approximate surface area is 180 Å². The second-order valence-corrected chi connectivity index (χ2v) is 9.22. The third kappa shape index (κ3) is 4.63. The molecule has 0 fully saturated rings. The van der Waals surface area contributed by atoms with Gasteiger partial charge in [-0.3, -0.25) is 4.79 Å². The van der Waals surface area contributed by atoms with Gasteiger partial charge in [-0.1, -0.05) is 68.9 Å². The Morgan fingerprint density at radius 2 is 1.83 bits per heavy atom. The van der Waals surface area contributed by atoms with E-state index in [1.54, 1.807) is 31.2 Å². The average Bonchev–Trinajstić information content (AvgIpc) is 3.08. The molecule has 0 saturated heterocycles. The summed E-state index contributed by atoms with van der Waals surface area (Å²) in [5, 5.41) is 20.2. The number of benzene rings is 2. The number of nitriles is 1. The highest BCUT2D eigenvalue weighted by Crippen LogP contribution is 2.28. The fourth-order valence-corrected chi connectivity index (χ4v) is 3.58. The Kier molecular flexibility index (Phi) is 6.13. The van der Waals surface area contributed by atoms with Crippen LogP contribution in [0.25, 0.3) is 11.4 Å². The van der Waals surface area contributed by atoms with Gasteiger partial charge in [0, 0.05) is 5.56 Å². The van der Waals surface area contributed by atoms with Crippen LogP contribution in [0.4, 0.5) is 5.69 Å². The first-order chi connectivity index (χ1) is 14.2. The Hall–Kier alpha value is -3.31. The maximum absolute atomic E-state index is 12.6. The summed E-state index contributed by atoms with van der Waals surface area (Å²) in [7, 11) is 0. The van der Waals surface area contributed by atoms with Crippen molar-refractivity contribution in [2.75, 3.05) is 11.2 Å². The zero-order valence-electron chi connectivity index (χ0n) is 17.4. The summed E-state index contributed by atoms with van der Waals surface area (Å²) in [6.45, 7) is 8.22. The van der Waals surface area contributed by atoms with Crippen LogP contribution in [0.15, 0.2) is 53.7 Å². The Morgan fingerprint density at radius 3 is 2.47 bits per heavy atom. The molecule has 2 aromatic carbocycles. The summed E-state index contributed by atoms with van der Waals surface area (Å²) in [5.74, 6) is 6.48. The van der Waals surface area contributed by atoms with Crippen LogP contribution >= 0.6 is 11.8 Å². The number of thioether (sulfide) groups is 1. The van der Waals surface area contributed by atoms with E-state index in [9.17, 15) is 4.79 Å². The molecule has 7 nitrogen and oxygen atoms in total. The lowest BCUT2D eigenvalue weighted by Crippen LogP contribution is -2.24. The van der Waals surface area contributed by atoms with Crippen LogP contribution in [0.1, 0.15) is 38.8 Å². The number of nitrogens with one attached hydrogen (secondary N) is 1. The molecule has 0 bridgehead atoms. The van der Waals surface area contributed by atoms with Gasteiger partial charge < -0.3 is 11.2 Å². The molecule has 154 valence electrons. The van der Waals surface area contributed by atoms with Crippen LogP contribution < -0.4 is 11.2 Å². The molecule has 1 aromatic heterocycles. The lowest BCUT2D eigenvalue weighted by molar-refractivity contribution is -0.115. The number of amides is 1. The highest BCUT2D eigenvalue weighted by molar-refractivity contribution is 8.00. The fourth-order valence-electron chi connectivity index (χ4n) is 2.81. The number of hydrogen-bond donors (Lipinski definition) is 2. The standard InChI is InChI=1S/C22H24N6OS/c1-14(20(29)25-18-8-6-5-7-16(18)13-23)30-21-27-26-19(28(21)24)15-9-11-17(12-10-15)22(2,3)4/h5-12,14H,24H2,1-4H3,(H,25,29)/t14-/m0/s1. The second-order valence-electron chi connectivity index (χ2n) is 7.91. The predicted octanol–water partition coefficient (Wildman–Crippen LogP) is 3.95. The van der Waals surface area contributed by atoms with Gasteiger partial charge in [0.15, 0.2) is 5.82 Å². The fraction of sp³-hybridized carbons (Fsp3) is 0.273. The SMILES string of the molecule is C[C@H](Sc1nnc(-c2ccc(C(C)(C)C)cc2)n1N)C(=O)Nc1ccccc1C#N. The molecule has 3 N–H and O–H groups in total. The first kappa shape index (κ1) is 21.4. The first-order valence-corrected chi connectivity index (χ1v) is 10.4. The zero-order chi connectivity index (χ0) is 21.9. The van der Waals surface area contributed by atoms with Gasteiger partial charge in [0.2, 0.25) is 11.1 Å². The Balaban J connectivity index is 1.73. The van der Waals surface area contributed by atoms with Crippen LogP contribution in [0.3, 0.4) is 0 Å². The van der Waals surface area contributed by atoms with Crippen molar-refractivity contribution in [3.8, 4) is 17.5 Å². The molecular formula is C22H24N6OS. The number of nitrogens with zero attached hydrogens (tertiary/aromatic N) is 4. The molecule has 1 heterocycles. The number of hydrogen-bond acceptors (Lipinski definition) is 6. The van der Waals surface area contributed by atoms with Crippen LogP contribution in [0.2, 0.25) is 0 Å². The van der Waals surface area contributed by atoms with E-state index in [1.807, 2.05) is 12.1 Å². The third-order valence-electron chi connectivity index (χ3n) is 4.63. The van der Waals surface area contributed by atoms with Crippen molar-refractivity contribution in [1.82, 2.24) is 14.9 Å². The van der Waals surface area contributed by atoms with Gasteiger partial charge in [0.1, 0.15) is 6.07 Å². The number of nitrogen functional groups attached to an aromatic ring is 1. The predicted molar refractivity (Wildman–Crippen MR) is 119 cm³/mol. The van der Waals surface area contributed by atoms with Crippen LogP contribution in [0, 0.1) is 11.3 Å². The number of anilines is 1. The van der Waals surface area contributed by atoms with Crippen molar-refractivity contribution in [2.45, 2.75) is 43.5 Å². The van der Waals surface area contributed by atoms with Crippen LogP contribution in [-0.4, -0.2) is 26.0 Å². The van der Waals surface area contributed by atoms with Crippen molar-refractivity contribution in [3.05, 3.63) is 59.7 Å². The second kappa shape index (κ2) is 8.59. The highest BCUT2D eigenvalue weighted by atomic mass is 32.2. The van der Waals surface area contributed by atoms with Crippen molar-refractivity contribution < 1.29 is 4.79 Å². The van der Waals surface area contributed by atoms with E-state index in [1.165, 1.54) is 22.0 Å². The summed E-state index contributed by atoms with van der Waals surface area (Å²) >= 11 is 1.20. The molecule has 1 atom stereocenters. The van der Waals surface area contributed by atoms with Crippen molar-refractivity contribution >= 4 is 23.4 Å². The highest BCUT2D eigenvalue weighted by Gasteiger charge is 2.21. The monoisotopic (exact) mass is 420 g/mol. The van der Waals surface area contributed by atoms with E-state index < -0.39 is 5.25 Å². The molecule has 8 heteroatoms. The maximum Gasteiger partial charge on any atom is 0.237 e. The third-order valence-corrected chi connectivity index (χ3v) is 5.69. The summed E-state index contributed by atoms with van der Waals surface area (Å²) < 4.78 is 1.39. The molecule has 1 amide bonds. The van der Waals surface area contributed by atoms with Gasteiger partial charge in [-0.25, -0.2) is 4.68 Å². The Morgan fingerprint density at radius 1 is 1.17 bits per heavy atom. The number of carbonyl (C=O) groups is 1. The van der Waals surface area contributed by atoms with Gasteiger partial charge in [-0.2, -0.15) is 5.26 Å². The van der Waals surface area contributed by atoms with Crippen LogP contribution in [-0.2, 0) is 10.2 Å². The van der Waals surface area contributed by atoms with E-state index in [0.29, 0.717) is 22.2 Å². The van der Waals surface area contributed by atoms with Gasteiger partial charge in [-0.05, 0) is 30.0 Å². The van der Waals surface area contributed by atoms with Crippen molar-refractivity contribution in [3.63, 3.8) is 0 Å². The number of para-hydroxylation sites is 1. The molecule has 0 unspecified atom stereocenters. The zero-order valence-corrected chi connectivity index (χ0v) is 18.2. The van der Waals surface area contributed by atoms with Gasteiger partial charge >= 0.3 is 0 Å². The van der Waals surface area contributed by atoms with Crippen molar-refractivity contribution in [1.29, 1.82) is 5.26 Å². The Bertz CT molecular complexity index is 1090. The van der Waals surface area contributed by atoms with E-state index in [0.717, 1.165) is 5.56 Å². The molecule has 0 aliphatic heterocycles. The molecule has 0 aliphatic carbocycles. The molecule has 3 rings (SSSR count). The van der Waals surface area contributed by atoms with Gasteiger partial charge in [0.05, 0.1) is 16.5 Å². The minimum absolute atomic E-state index is 0.0584. The molecule has 30 heavy (non-hydrogen) atoms. The van der Waals surface area contributed by atoms with Gasteiger partial charge in [0.25, 0.3) is 0 Å². The average molecular weight is 421 g/mol. The van der Waals surface area contributed by atoms with E-state index in [4.69, 9.17) is 11.1 Å². The summed E-state index contributed by atoms with van der Waals surface area (Å²) in [5.41, 5.74) is 3.01. The number of carbonyl (C=O) groups excluding carboxylic acids is 1. The molecule has 3 aromatic rings.